The number of ether oxygens (including phenoxy) is 1. The van der Waals surface area contributed by atoms with Crippen LogP contribution in [0, 0.1) is 0 Å². The molecular weight excluding hydrogens is 332 g/mol. The van der Waals surface area contributed by atoms with Crippen molar-refractivity contribution in [1.82, 2.24) is 21.1 Å². The maximum absolute atomic E-state index is 12.6. The lowest BCUT2D eigenvalue weighted by Crippen LogP contribution is -2.53. The minimum atomic E-state index is -0.236. The van der Waals surface area contributed by atoms with E-state index >= 15 is 0 Å². The number of hydrogen-bond acceptors (Lipinski definition) is 6. The molecule has 3 aliphatic heterocycles. The van der Waals surface area contributed by atoms with Crippen LogP contribution < -0.4 is 20.9 Å². The number of fused-ring (bicyclic) bond motifs is 1. The number of piperidine rings is 1. The molecule has 3 heterocycles. The predicted octanol–water partition coefficient (Wildman–Crippen LogP) is 0.320. The average Bonchev–Trinajstić information content (AvgIpc) is 3.19. The first-order valence-electron chi connectivity index (χ1n) is 9.59. The third-order valence-electron chi connectivity index (χ3n) is 5.85. The second-order valence-electron chi connectivity index (χ2n) is 7.57. The first-order valence-corrected chi connectivity index (χ1v) is 9.59. The summed E-state index contributed by atoms with van der Waals surface area (Å²) in [6.45, 7) is 3.55. The van der Waals surface area contributed by atoms with Crippen LogP contribution in [0.3, 0.4) is 0 Å². The van der Waals surface area contributed by atoms with Crippen molar-refractivity contribution in [3.8, 4) is 5.75 Å². The Hall–Kier alpha value is -1.67. The fourth-order valence-corrected chi connectivity index (χ4v) is 4.33. The van der Waals surface area contributed by atoms with Crippen molar-refractivity contribution < 1.29 is 14.6 Å². The zero-order valence-electron chi connectivity index (χ0n) is 15.0. The number of benzene rings is 1. The molecule has 2 saturated heterocycles. The quantitative estimate of drug-likeness (QED) is 0.619. The first-order chi connectivity index (χ1) is 12.7. The molecule has 1 aromatic carbocycles. The van der Waals surface area contributed by atoms with Gasteiger partial charge in [0.1, 0.15) is 17.4 Å². The number of para-hydroxylation sites is 1. The Labute approximate surface area is 154 Å². The van der Waals surface area contributed by atoms with E-state index < -0.39 is 0 Å². The molecule has 0 radical (unpaired) electrons. The lowest BCUT2D eigenvalue weighted by atomic mass is 9.80. The van der Waals surface area contributed by atoms with Gasteiger partial charge < -0.3 is 20.1 Å². The molecule has 142 valence electrons. The number of nitrogens with zero attached hydrogens (tertiary/aromatic N) is 1. The Kier molecular flexibility index (Phi) is 5.13. The molecule has 1 amide bonds. The van der Waals surface area contributed by atoms with Crippen molar-refractivity contribution in [1.29, 1.82) is 0 Å². The van der Waals surface area contributed by atoms with Crippen LogP contribution in [0.2, 0.25) is 0 Å². The molecule has 26 heavy (non-hydrogen) atoms. The van der Waals surface area contributed by atoms with Crippen LogP contribution in [0.4, 0.5) is 0 Å². The molecule has 4 N–H and O–H groups in total. The zero-order chi connectivity index (χ0) is 18.0. The minimum absolute atomic E-state index is 0.0285. The van der Waals surface area contributed by atoms with E-state index in [9.17, 15) is 4.79 Å². The van der Waals surface area contributed by atoms with E-state index in [4.69, 9.17) is 9.84 Å². The highest BCUT2D eigenvalue weighted by atomic mass is 16.5. The van der Waals surface area contributed by atoms with E-state index in [2.05, 4.69) is 21.1 Å². The number of β-amino-alcohol motifs (C(OH)–C–C–N with tert-alkyl or cyclic N) is 1. The monoisotopic (exact) mass is 360 g/mol. The summed E-state index contributed by atoms with van der Waals surface area (Å²) in [6.07, 6.45) is 3.43. The van der Waals surface area contributed by atoms with Crippen LogP contribution in [-0.2, 0) is 4.79 Å². The zero-order valence-corrected chi connectivity index (χ0v) is 15.0. The Balaban J connectivity index is 1.51. The summed E-state index contributed by atoms with van der Waals surface area (Å²) in [6, 6.07) is 7.84. The van der Waals surface area contributed by atoms with Gasteiger partial charge in [0.25, 0.3) is 0 Å². The van der Waals surface area contributed by atoms with E-state index in [0.29, 0.717) is 6.54 Å². The molecule has 0 bridgehead atoms. The van der Waals surface area contributed by atoms with Crippen molar-refractivity contribution >= 4 is 5.91 Å². The molecule has 1 spiro atoms. The van der Waals surface area contributed by atoms with Crippen LogP contribution in [0.15, 0.2) is 24.3 Å². The third-order valence-corrected chi connectivity index (χ3v) is 5.85. The summed E-state index contributed by atoms with van der Waals surface area (Å²) < 4.78 is 6.46. The molecule has 2 unspecified atom stereocenters. The largest absolute Gasteiger partial charge is 0.487 e. The molecule has 0 saturated carbocycles. The summed E-state index contributed by atoms with van der Waals surface area (Å²) in [7, 11) is 0. The summed E-state index contributed by atoms with van der Waals surface area (Å²) in [5.74, 6) is 0.932. The molecule has 1 aromatic rings. The number of rotatable bonds is 4. The van der Waals surface area contributed by atoms with Gasteiger partial charge in [-0.2, -0.15) is 0 Å². The van der Waals surface area contributed by atoms with Crippen molar-refractivity contribution in [3.63, 3.8) is 0 Å². The van der Waals surface area contributed by atoms with Crippen molar-refractivity contribution in [2.45, 2.75) is 43.4 Å². The standard InChI is InChI=1S/C19H28N4O3/c24-12-11-23-9-6-19(7-10-23)13-16(14-3-1-2-4-17(14)26-19)21-18(25)15-5-8-20-22-15/h1-4,15-16,20,22,24H,5-13H2,(H,21,25). The maximum atomic E-state index is 12.6. The van der Waals surface area contributed by atoms with Gasteiger partial charge in [-0.3, -0.25) is 10.2 Å². The van der Waals surface area contributed by atoms with E-state index in [1.807, 2.05) is 24.3 Å². The first kappa shape index (κ1) is 17.7. The second kappa shape index (κ2) is 7.52. The van der Waals surface area contributed by atoms with Crippen molar-refractivity contribution in [3.05, 3.63) is 29.8 Å². The highest BCUT2D eigenvalue weighted by Gasteiger charge is 2.44. The molecule has 4 rings (SSSR count). The number of aliphatic hydroxyl groups is 1. The molecule has 2 fully saturated rings. The van der Waals surface area contributed by atoms with Gasteiger partial charge in [-0.1, -0.05) is 18.2 Å². The normalized spacial score (nSPS) is 27.7. The van der Waals surface area contributed by atoms with Gasteiger partial charge in [-0.05, 0) is 25.3 Å². The average molecular weight is 360 g/mol. The SMILES string of the molecule is O=C(NC1CC2(CCN(CCO)CC2)Oc2ccccc21)C1CCNN1. The van der Waals surface area contributed by atoms with Crippen LogP contribution in [0.25, 0.3) is 0 Å². The van der Waals surface area contributed by atoms with E-state index in [-0.39, 0.29) is 30.2 Å². The Morgan fingerprint density at radius 1 is 1.35 bits per heavy atom. The Morgan fingerprint density at radius 3 is 2.88 bits per heavy atom. The van der Waals surface area contributed by atoms with Crippen LogP contribution in [0.1, 0.15) is 37.3 Å². The number of aliphatic hydroxyl groups excluding tert-OH is 1. The maximum Gasteiger partial charge on any atom is 0.239 e. The molecule has 7 nitrogen and oxygen atoms in total. The van der Waals surface area contributed by atoms with Crippen molar-refractivity contribution in [2.24, 2.45) is 0 Å². The molecule has 3 aliphatic rings. The molecular formula is C19H28N4O3. The molecule has 0 aromatic heterocycles. The number of nitrogens with one attached hydrogen (secondary N) is 3. The van der Waals surface area contributed by atoms with E-state index in [1.54, 1.807) is 0 Å². The number of likely N-dealkylation sites (tertiary alicyclic amines) is 1. The van der Waals surface area contributed by atoms with Gasteiger partial charge >= 0.3 is 0 Å². The Morgan fingerprint density at radius 2 is 2.15 bits per heavy atom. The fourth-order valence-electron chi connectivity index (χ4n) is 4.33. The molecule has 2 atom stereocenters. The predicted molar refractivity (Wildman–Crippen MR) is 97.6 cm³/mol. The second-order valence-corrected chi connectivity index (χ2v) is 7.57. The highest BCUT2D eigenvalue weighted by Crippen LogP contribution is 2.44. The summed E-state index contributed by atoms with van der Waals surface area (Å²) in [5.41, 5.74) is 6.89. The van der Waals surface area contributed by atoms with Gasteiger partial charge in [0.05, 0.1) is 12.6 Å². The number of hydrazine groups is 1. The molecule has 0 aliphatic carbocycles. The van der Waals surface area contributed by atoms with Crippen molar-refractivity contribution in [2.75, 3.05) is 32.8 Å². The smallest absolute Gasteiger partial charge is 0.239 e. The number of carbonyl (C=O) groups excluding carboxylic acids is 1. The Bertz CT molecular complexity index is 639. The van der Waals surface area contributed by atoms with Gasteiger partial charge in [0, 0.05) is 38.2 Å². The van der Waals surface area contributed by atoms with Crippen LogP contribution in [-0.4, -0.2) is 60.3 Å². The van der Waals surface area contributed by atoms with Crippen LogP contribution in [0.5, 0.6) is 5.75 Å². The lowest BCUT2D eigenvalue weighted by molar-refractivity contribution is -0.124. The minimum Gasteiger partial charge on any atom is -0.487 e. The topological polar surface area (TPSA) is 85.9 Å². The lowest BCUT2D eigenvalue weighted by Gasteiger charge is -2.47. The summed E-state index contributed by atoms with van der Waals surface area (Å²) in [4.78, 5) is 14.9. The number of carbonyl (C=O) groups is 1. The van der Waals surface area contributed by atoms with E-state index in [0.717, 1.165) is 56.6 Å². The summed E-state index contributed by atoms with van der Waals surface area (Å²) >= 11 is 0. The third kappa shape index (κ3) is 3.57. The fraction of sp³-hybridized carbons (Fsp3) is 0.632. The van der Waals surface area contributed by atoms with Crippen LogP contribution >= 0.6 is 0 Å². The van der Waals surface area contributed by atoms with Gasteiger partial charge in [-0.15, -0.1) is 0 Å². The summed E-state index contributed by atoms with van der Waals surface area (Å²) in [5, 5.41) is 12.4. The molecule has 7 heteroatoms. The van der Waals surface area contributed by atoms with Gasteiger partial charge in [0.2, 0.25) is 5.91 Å². The highest BCUT2D eigenvalue weighted by molar-refractivity contribution is 5.82. The van der Waals surface area contributed by atoms with Gasteiger partial charge in [-0.25, -0.2) is 5.43 Å². The number of hydrogen-bond donors (Lipinski definition) is 4. The van der Waals surface area contributed by atoms with E-state index in [1.165, 1.54) is 0 Å². The number of amides is 1. The van der Waals surface area contributed by atoms with Gasteiger partial charge in [0.15, 0.2) is 0 Å².